The highest BCUT2D eigenvalue weighted by atomic mass is 16.5. The molecule has 3 rings (SSSR count). The largest absolute Gasteiger partial charge is 0.492 e. The SMILES string of the molecule is Cc1nn(C)c(C)c1CC(=O)NCc1cccc(OCCN2CCOCC2)c1. The third kappa shape index (κ3) is 5.56. The lowest BCUT2D eigenvalue weighted by Gasteiger charge is -2.26. The van der Waals surface area contributed by atoms with Crippen LogP contribution in [0.5, 0.6) is 5.75 Å². The minimum Gasteiger partial charge on any atom is -0.492 e. The normalized spacial score (nSPS) is 14.8. The quantitative estimate of drug-likeness (QED) is 0.747. The molecule has 0 unspecified atom stereocenters. The highest BCUT2D eigenvalue weighted by molar-refractivity contribution is 5.79. The molecular weight excluding hydrogens is 356 g/mol. The maximum atomic E-state index is 12.3. The van der Waals surface area contributed by atoms with E-state index in [4.69, 9.17) is 9.47 Å². The summed E-state index contributed by atoms with van der Waals surface area (Å²) < 4.78 is 13.1. The van der Waals surface area contributed by atoms with Gasteiger partial charge in [-0.05, 0) is 31.5 Å². The maximum Gasteiger partial charge on any atom is 0.224 e. The number of carbonyl (C=O) groups excluding carboxylic acids is 1. The number of rotatable bonds is 8. The second kappa shape index (κ2) is 9.71. The molecular formula is C21H30N4O3. The zero-order valence-corrected chi connectivity index (χ0v) is 17.0. The number of amides is 1. The van der Waals surface area contributed by atoms with E-state index in [0.29, 0.717) is 19.6 Å². The number of benzene rings is 1. The number of morpholine rings is 1. The summed E-state index contributed by atoms with van der Waals surface area (Å²) in [7, 11) is 1.90. The first-order valence-electron chi connectivity index (χ1n) is 9.80. The van der Waals surface area contributed by atoms with Crippen molar-refractivity contribution in [2.24, 2.45) is 7.05 Å². The van der Waals surface area contributed by atoms with Gasteiger partial charge >= 0.3 is 0 Å². The van der Waals surface area contributed by atoms with Crippen molar-refractivity contribution in [3.63, 3.8) is 0 Å². The molecule has 2 aromatic rings. The Morgan fingerprint density at radius 2 is 2.07 bits per heavy atom. The average Bonchev–Trinajstić information content (AvgIpc) is 2.94. The van der Waals surface area contributed by atoms with E-state index in [0.717, 1.165) is 61.1 Å². The zero-order chi connectivity index (χ0) is 19.9. The van der Waals surface area contributed by atoms with Crippen molar-refractivity contribution >= 4 is 5.91 Å². The van der Waals surface area contributed by atoms with E-state index >= 15 is 0 Å². The van der Waals surface area contributed by atoms with E-state index in [1.807, 2.05) is 49.8 Å². The van der Waals surface area contributed by atoms with Gasteiger partial charge < -0.3 is 14.8 Å². The van der Waals surface area contributed by atoms with Gasteiger partial charge in [0.1, 0.15) is 12.4 Å². The molecule has 1 amide bonds. The second-order valence-corrected chi connectivity index (χ2v) is 7.18. The first-order valence-corrected chi connectivity index (χ1v) is 9.80. The lowest BCUT2D eigenvalue weighted by Crippen LogP contribution is -2.38. The van der Waals surface area contributed by atoms with Crippen LogP contribution in [0, 0.1) is 13.8 Å². The van der Waals surface area contributed by atoms with Gasteiger partial charge in [-0.1, -0.05) is 12.1 Å². The van der Waals surface area contributed by atoms with Gasteiger partial charge in [-0.15, -0.1) is 0 Å². The van der Waals surface area contributed by atoms with Crippen LogP contribution in [0.2, 0.25) is 0 Å². The van der Waals surface area contributed by atoms with Crippen molar-refractivity contribution in [1.82, 2.24) is 20.0 Å². The summed E-state index contributed by atoms with van der Waals surface area (Å²) in [6.07, 6.45) is 0.348. The lowest BCUT2D eigenvalue weighted by molar-refractivity contribution is -0.120. The Morgan fingerprint density at radius 3 is 2.79 bits per heavy atom. The van der Waals surface area contributed by atoms with Gasteiger partial charge in [0.2, 0.25) is 5.91 Å². The highest BCUT2D eigenvalue weighted by Crippen LogP contribution is 2.15. The van der Waals surface area contributed by atoms with Crippen LogP contribution in [0.4, 0.5) is 0 Å². The minimum absolute atomic E-state index is 0.00200. The molecule has 7 heteroatoms. The maximum absolute atomic E-state index is 12.3. The van der Waals surface area contributed by atoms with Gasteiger partial charge in [0, 0.05) is 44.5 Å². The first-order chi connectivity index (χ1) is 13.5. The molecule has 1 N–H and O–H groups in total. The monoisotopic (exact) mass is 386 g/mol. The number of nitrogens with zero attached hydrogens (tertiary/aromatic N) is 3. The van der Waals surface area contributed by atoms with E-state index in [2.05, 4.69) is 15.3 Å². The summed E-state index contributed by atoms with van der Waals surface area (Å²) in [5, 5.41) is 7.36. The zero-order valence-electron chi connectivity index (χ0n) is 17.0. The molecule has 0 aliphatic carbocycles. The number of hydrogen-bond donors (Lipinski definition) is 1. The van der Waals surface area contributed by atoms with E-state index in [1.165, 1.54) is 0 Å². The van der Waals surface area contributed by atoms with Gasteiger partial charge in [0.05, 0.1) is 25.3 Å². The summed E-state index contributed by atoms with van der Waals surface area (Å²) in [4.78, 5) is 14.7. The molecule has 1 saturated heterocycles. The Morgan fingerprint density at radius 1 is 1.29 bits per heavy atom. The Hall–Kier alpha value is -2.38. The molecule has 1 aromatic carbocycles. The summed E-state index contributed by atoms with van der Waals surface area (Å²) in [6, 6.07) is 7.89. The number of aryl methyl sites for hydroxylation is 2. The lowest BCUT2D eigenvalue weighted by atomic mass is 10.1. The van der Waals surface area contributed by atoms with E-state index < -0.39 is 0 Å². The molecule has 0 bridgehead atoms. The molecule has 1 aliphatic heterocycles. The Balaban J connectivity index is 1.45. The fourth-order valence-corrected chi connectivity index (χ4v) is 3.36. The van der Waals surface area contributed by atoms with Crippen molar-refractivity contribution in [2.45, 2.75) is 26.8 Å². The van der Waals surface area contributed by atoms with Gasteiger partial charge in [-0.2, -0.15) is 5.10 Å². The van der Waals surface area contributed by atoms with Gasteiger partial charge in [-0.3, -0.25) is 14.4 Å². The fraction of sp³-hybridized carbons (Fsp3) is 0.524. The van der Waals surface area contributed by atoms with Crippen molar-refractivity contribution < 1.29 is 14.3 Å². The molecule has 2 heterocycles. The van der Waals surface area contributed by atoms with Crippen LogP contribution in [0.3, 0.4) is 0 Å². The highest BCUT2D eigenvalue weighted by Gasteiger charge is 2.13. The van der Waals surface area contributed by atoms with Crippen molar-refractivity contribution in [3.05, 3.63) is 46.8 Å². The molecule has 0 radical (unpaired) electrons. The molecule has 7 nitrogen and oxygen atoms in total. The van der Waals surface area contributed by atoms with E-state index in [-0.39, 0.29) is 5.91 Å². The molecule has 152 valence electrons. The fourth-order valence-electron chi connectivity index (χ4n) is 3.36. The molecule has 0 spiro atoms. The second-order valence-electron chi connectivity index (χ2n) is 7.18. The Bertz CT molecular complexity index is 797. The van der Waals surface area contributed by atoms with Crippen LogP contribution in [0.1, 0.15) is 22.5 Å². The average molecular weight is 386 g/mol. The number of ether oxygens (including phenoxy) is 2. The topological polar surface area (TPSA) is 68.6 Å². The third-order valence-corrected chi connectivity index (χ3v) is 5.16. The minimum atomic E-state index is -0.00200. The van der Waals surface area contributed by atoms with Crippen molar-refractivity contribution in [1.29, 1.82) is 0 Å². The van der Waals surface area contributed by atoms with Crippen LogP contribution in [-0.4, -0.2) is 60.0 Å². The number of hydrogen-bond acceptors (Lipinski definition) is 5. The summed E-state index contributed by atoms with van der Waals surface area (Å²) in [5.74, 6) is 0.830. The van der Waals surface area contributed by atoms with Crippen molar-refractivity contribution in [3.8, 4) is 5.75 Å². The number of aromatic nitrogens is 2. The molecule has 1 aliphatic rings. The molecule has 0 atom stereocenters. The van der Waals surface area contributed by atoms with Gasteiger partial charge in [0.25, 0.3) is 0 Å². The molecule has 1 aromatic heterocycles. The molecule has 1 fully saturated rings. The van der Waals surface area contributed by atoms with Crippen LogP contribution in [0.15, 0.2) is 24.3 Å². The Labute approximate surface area is 166 Å². The van der Waals surface area contributed by atoms with E-state index in [9.17, 15) is 4.79 Å². The molecule has 0 saturated carbocycles. The Kier molecular flexibility index (Phi) is 7.06. The standard InChI is InChI=1S/C21H30N4O3/c1-16-20(17(2)24(3)23-16)14-21(26)22-15-18-5-4-6-19(13-18)28-12-9-25-7-10-27-11-8-25/h4-6,13H,7-12,14-15H2,1-3H3,(H,22,26). The van der Waals surface area contributed by atoms with Crippen LogP contribution >= 0.6 is 0 Å². The van der Waals surface area contributed by atoms with Crippen molar-refractivity contribution in [2.75, 3.05) is 39.5 Å². The van der Waals surface area contributed by atoms with Crippen LogP contribution in [0.25, 0.3) is 0 Å². The van der Waals surface area contributed by atoms with Crippen LogP contribution < -0.4 is 10.1 Å². The first kappa shape index (κ1) is 20.4. The van der Waals surface area contributed by atoms with E-state index in [1.54, 1.807) is 0 Å². The summed E-state index contributed by atoms with van der Waals surface area (Å²) in [6.45, 7) is 9.48. The molecule has 28 heavy (non-hydrogen) atoms. The summed E-state index contributed by atoms with van der Waals surface area (Å²) in [5.41, 5.74) is 3.96. The van der Waals surface area contributed by atoms with Gasteiger partial charge in [0.15, 0.2) is 0 Å². The smallest absolute Gasteiger partial charge is 0.224 e. The number of nitrogens with one attached hydrogen (secondary N) is 1. The number of carbonyl (C=O) groups is 1. The third-order valence-electron chi connectivity index (χ3n) is 5.16. The van der Waals surface area contributed by atoms with Gasteiger partial charge in [-0.25, -0.2) is 0 Å². The summed E-state index contributed by atoms with van der Waals surface area (Å²) >= 11 is 0. The van der Waals surface area contributed by atoms with Crippen LogP contribution in [-0.2, 0) is 29.5 Å². The predicted octanol–water partition coefficient (Wildman–Crippen LogP) is 1.61. The predicted molar refractivity (Wildman–Crippen MR) is 107 cm³/mol.